The number of rotatable bonds is 3. The summed E-state index contributed by atoms with van der Waals surface area (Å²) in [5.41, 5.74) is 1.32. The Morgan fingerprint density at radius 3 is 2.62 bits per heavy atom. The summed E-state index contributed by atoms with van der Waals surface area (Å²) in [6.07, 6.45) is -0.161. The van der Waals surface area contributed by atoms with Gasteiger partial charge in [-0.25, -0.2) is 0 Å². The minimum Gasteiger partial charge on any atom is -0.496 e. The van der Waals surface area contributed by atoms with Crippen molar-refractivity contribution < 1.29 is 28.5 Å². The zero-order valence-corrected chi connectivity index (χ0v) is 13.3. The molecule has 1 atom stereocenters. The van der Waals surface area contributed by atoms with Crippen molar-refractivity contribution in [2.45, 2.75) is 12.5 Å². The highest BCUT2D eigenvalue weighted by Crippen LogP contribution is 2.43. The van der Waals surface area contributed by atoms with Crippen LogP contribution in [0, 0.1) is 0 Å². The van der Waals surface area contributed by atoms with E-state index in [0.717, 1.165) is 5.56 Å². The van der Waals surface area contributed by atoms with Crippen LogP contribution in [0.2, 0.25) is 0 Å². The second-order valence-electron chi connectivity index (χ2n) is 5.55. The van der Waals surface area contributed by atoms with Crippen molar-refractivity contribution in [2.24, 2.45) is 0 Å². The Morgan fingerprint density at radius 2 is 1.83 bits per heavy atom. The Kier molecular flexibility index (Phi) is 3.45. The molecule has 6 heteroatoms. The first-order valence-electron chi connectivity index (χ1n) is 7.55. The first kappa shape index (κ1) is 14.7. The number of hydrogen-bond donors (Lipinski definition) is 0. The van der Waals surface area contributed by atoms with Gasteiger partial charge in [-0.05, 0) is 17.7 Å². The van der Waals surface area contributed by atoms with Crippen LogP contribution in [0.25, 0.3) is 0 Å². The lowest BCUT2D eigenvalue weighted by Gasteiger charge is -2.27. The van der Waals surface area contributed by atoms with Gasteiger partial charge in [-0.15, -0.1) is 0 Å². The molecule has 0 saturated heterocycles. The van der Waals surface area contributed by atoms with Gasteiger partial charge in [0, 0.05) is 12.1 Å². The minimum absolute atomic E-state index is 0.0292. The summed E-state index contributed by atoms with van der Waals surface area (Å²) in [6, 6.07) is 8.94. The number of fused-ring (bicyclic) bond motifs is 2. The van der Waals surface area contributed by atoms with Gasteiger partial charge in [-0.1, -0.05) is 6.07 Å². The van der Waals surface area contributed by atoms with Crippen LogP contribution in [0.15, 0.2) is 30.3 Å². The maximum Gasteiger partial charge on any atom is 0.231 e. The Labute approximate surface area is 138 Å². The van der Waals surface area contributed by atoms with Crippen LogP contribution in [0.1, 0.15) is 28.4 Å². The molecule has 0 saturated carbocycles. The predicted octanol–water partition coefficient (Wildman–Crippen LogP) is 3.14. The summed E-state index contributed by atoms with van der Waals surface area (Å²) >= 11 is 0. The molecule has 0 aliphatic carbocycles. The van der Waals surface area contributed by atoms with Crippen LogP contribution >= 0.6 is 0 Å². The highest BCUT2D eigenvalue weighted by molar-refractivity contribution is 6.02. The molecule has 0 fully saturated rings. The van der Waals surface area contributed by atoms with Crippen LogP contribution < -0.4 is 23.7 Å². The quantitative estimate of drug-likeness (QED) is 0.862. The van der Waals surface area contributed by atoms with Crippen molar-refractivity contribution >= 4 is 5.78 Å². The van der Waals surface area contributed by atoms with Crippen molar-refractivity contribution in [3.05, 3.63) is 41.5 Å². The van der Waals surface area contributed by atoms with Gasteiger partial charge in [0.25, 0.3) is 0 Å². The number of hydrogen-bond acceptors (Lipinski definition) is 6. The van der Waals surface area contributed by atoms with Gasteiger partial charge in [0.15, 0.2) is 17.3 Å². The number of methoxy groups -OCH3 is 2. The maximum absolute atomic E-state index is 12.6. The Bertz CT molecular complexity index is 813. The van der Waals surface area contributed by atoms with Crippen molar-refractivity contribution in [3.63, 3.8) is 0 Å². The fourth-order valence-corrected chi connectivity index (χ4v) is 2.98. The molecule has 6 nitrogen and oxygen atoms in total. The standard InChI is InChI=1S/C18H16O6/c1-20-11-6-16(21-2)18-12(19)8-14(24-17(18)7-11)10-3-4-13-15(5-10)23-9-22-13/h3-7,14H,8-9H2,1-2H3/t14-/m0/s1. The Morgan fingerprint density at radius 1 is 1.00 bits per heavy atom. The average Bonchev–Trinajstić information content (AvgIpc) is 3.08. The molecule has 0 bridgehead atoms. The summed E-state index contributed by atoms with van der Waals surface area (Å²) < 4.78 is 27.3. The third kappa shape index (κ3) is 2.31. The number of carbonyl (C=O) groups is 1. The molecule has 0 radical (unpaired) electrons. The maximum atomic E-state index is 12.6. The van der Waals surface area contributed by atoms with E-state index >= 15 is 0 Å². The molecular weight excluding hydrogens is 312 g/mol. The van der Waals surface area contributed by atoms with Gasteiger partial charge in [0.05, 0.1) is 20.6 Å². The summed E-state index contributed by atoms with van der Waals surface area (Å²) in [5.74, 6) is 2.83. The first-order chi connectivity index (χ1) is 11.7. The molecule has 0 aromatic heterocycles. The number of Topliss-reactive ketones (excluding diaryl/α,β-unsaturated/α-hetero) is 1. The van der Waals surface area contributed by atoms with Gasteiger partial charge >= 0.3 is 0 Å². The van der Waals surface area contributed by atoms with Crippen LogP contribution in [0.4, 0.5) is 0 Å². The molecule has 124 valence electrons. The largest absolute Gasteiger partial charge is 0.496 e. The molecule has 0 amide bonds. The monoisotopic (exact) mass is 328 g/mol. The van der Waals surface area contributed by atoms with Crippen molar-refractivity contribution in [2.75, 3.05) is 21.0 Å². The number of ketones is 1. The highest BCUT2D eigenvalue weighted by Gasteiger charge is 2.32. The van der Waals surface area contributed by atoms with E-state index < -0.39 is 6.10 Å². The topological polar surface area (TPSA) is 63.2 Å². The van der Waals surface area contributed by atoms with Crippen molar-refractivity contribution in [1.82, 2.24) is 0 Å². The third-order valence-electron chi connectivity index (χ3n) is 4.18. The normalized spacial score (nSPS) is 17.9. The molecule has 2 heterocycles. The van der Waals surface area contributed by atoms with Crippen molar-refractivity contribution in [3.8, 4) is 28.7 Å². The molecule has 24 heavy (non-hydrogen) atoms. The van der Waals surface area contributed by atoms with Crippen LogP contribution in [-0.4, -0.2) is 26.8 Å². The summed E-state index contributed by atoms with van der Waals surface area (Å²) in [5, 5.41) is 0. The first-order valence-corrected chi connectivity index (χ1v) is 7.55. The fourth-order valence-electron chi connectivity index (χ4n) is 2.98. The Hall–Kier alpha value is -2.89. The number of carbonyl (C=O) groups excluding carboxylic acids is 1. The lowest BCUT2D eigenvalue weighted by molar-refractivity contribution is 0.0843. The SMILES string of the molecule is COc1cc(OC)c2c(c1)O[C@H](c1ccc3c(c1)OCO3)CC2=O. The zero-order chi connectivity index (χ0) is 16.7. The molecule has 0 unspecified atom stereocenters. The van der Waals surface area contributed by atoms with Crippen LogP contribution in [0.5, 0.6) is 28.7 Å². The fraction of sp³-hybridized carbons (Fsp3) is 0.278. The Balaban J connectivity index is 1.72. The number of ether oxygens (including phenoxy) is 5. The summed E-state index contributed by atoms with van der Waals surface area (Å²) in [6.45, 7) is 0.209. The molecule has 0 spiro atoms. The van der Waals surface area contributed by atoms with Gasteiger partial charge in [-0.2, -0.15) is 0 Å². The smallest absolute Gasteiger partial charge is 0.231 e. The lowest BCUT2D eigenvalue weighted by atomic mass is 9.95. The highest BCUT2D eigenvalue weighted by atomic mass is 16.7. The van der Waals surface area contributed by atoms with Crippen LogP contribution in [0.3, 0.4) is 0 Å². The predicted molar refractivity (Wildman–Crippen MR) is 84.4 cm³/mol. The molecule has 2 aromatic carbocycles. The number of benzene rings is 2. The average molecular weight is 328 g/mol. The minimum atomic E-state index is -0.392. The summed E-state index contributed by atoms with van der Waals surface area (Å²) in [7, 11) is 3.08. The molecule has 2 aromatic rings. The molecule has 2 aliphatic heterocycles. The van der Waals surface area contributed by atoms with E-state index in [1.165, 1.54) is 7.11 Å². The lowest BCUT2D eigenvalue weighted by Crippen LogP contribution is -2.21. The van der Waals surface area contributed by atoms with E-state index in [4.69, 9.17) is 23.7 Å². The van der Waals surface area contributed by atoms with Crippen LogP contribution in [-0.2, 0) is 0 Å². The van der Waals surface area contributed by atoms with E-state index in [-0.39, 0.29) is 19.0 Å². The van der Waals surface area contributed by atoms with Gasteiger partial charge < -0.3 is 23.7 Å². The van der Waals surface area contributed by atoms with Gasteiger partial charge in [0.2, 0.25) is 6.79 Å². The van der Waals surface area contributed by atoms with E-state index in [1.54, 1.807) is 19.2 Å². The summed E-state index contributed by atoms with van der Waals surface area (Å²) in [4.78, 5) is 12.6. The van der Waals surface area contributed by atoms with Gasteiger partial charge in [0.1, 0.15) is 28.9 Å². The molecular formula is C18H16O6. The molecule has 4 rings (SSSR count). The molecule has 0 N–H and O–H groups in total. The van der Waals surface area contributed by atoms with E-state index in [9.17, 15) is 4.79 Å². The second-order valence-corrected chi connectivity index (χ2v) is 5.55. The molecule has 2 aliphatic rings. The van der Waals surface area contributed by atoms with E-state index in [2.05, 4.69) is 0 Å². The van der Waals surface area contributed by atoms with E-state index in [1.807, 2.05) is 18.2 Å². The zero-order valence-electron chi connectivity index (χ0n) is 13.3. The van der Waals surface area contributed by atoms with E-state index in [0.29, 0.717) is 34.3 Å². The second kappa shape index (κ2) is 5.63. The van der Waals surface area contributed by atoms with Gasteiger partial charge in [-0.3, -0.25) is 4.79 Å². The van der Waals surface area contributed by atoms with Crippen molar-refractivity contribution in [1.29, 1.82) is 0 Å². The third-order valence-corrected chi connectivity index (χ3v) is 4.18.